The Labute approximate surface area is 148 Å². The maximum atomic E-state index is 12.7. The van der Waals surface area contributed by atoms with E-state index in [2.05, 4.69) is 38.1 Å². The lowest BCUT2D eigenvalue weighted by Crippen LogP contribution is -2.33. The zero-order valence-electron chi connectivity index (χ0n) is 14.4. The summed E-state index contributed by atoms with van der Waals surface area (Å²) in [5, 5.41) is 8.87. The van der Waals surface area contributed by atoms with Crippen molar-refractivity contribution >= 4 is 23.4 Å². The van der Waals surface area contributed by atoms with Crippen LogP contribution in [0.4, 0.5) is 5.69 Å². The normalized spacial score (nSPS) is 10.2. The van der Waals surface area contributed by atoms with Crippen LogP contribution in [-0.2, 0) is 4.79 Å². The van der Waals surface area contributed by atoms with Crippen molar-refractivity contribution < 1.29 is 4.79 Å². The van der Waals surface area contributed by atoms with E-state index < -0.39 is 0 Å². The lowest BCUT2D eigenvalue weighted by molar-refractivity contribution is -0.116. The number of rotatable bonds is 6. The molecule has 0 saturated heterocycles. The Hall–Kier alpha value is -2.25. The van der Waals surface area contributed by atoms with Crippen LogP contribution in [0.25, 0.3) is 0 Å². The molecular formula is C20H22N2OS. The molecule has 2 rings (SSSR count). The second-order valence-electron chi connectivity index (χ2n) is 5.85. The van der Waals surface area contributed by atoms with E-state index >= 15 is 0 Å². The van der Waals surface area contributed by atoms with Crippen LogP contribution in [0, 0.1) is 32.1 Å². The van der Waals surface area contributed by atoms with E-state index in [-0.39, 0.29) is 5.91 Å². The summed E-state index contributed by atoms with van der Waals surface area (Å²) in [6.45, 7) is 6.55. The number of hydrogen-bond acceptors (Lipinski definition) is 3. The summed E-state index contributed by atoms with van der Waals surface area (Å²) in [7, 11) is 0. The molecule has 2 aromatic rings. The first kappa shape index (κ1) is 18.1. The molecule has 0 radical (unpaired) electrons. The highest BCUT2D eigenvalue weighted by atomic mass is 32.2. The molecule has 2 aromatic carbocycles. The van der Waals surface area contributed by atoms with Gasteiger partial charge in [-0.3, -0.25) is 4.79 Å². The Morgan fingerprint density at radius 3 is 2.42 bits per heavy atom. The molecule has 0 atom stereocenters. The quantitative estimate of drug-likeness (QED) is 0.720. The molecule has 0 spiro atoms. The Morgan fingerprint density at radius 2 is 1.75 bits per heavy atom. The maximum Gasteiger partial charge on any atom is 0.237 e. The Bertz CT molecular complexity index is 747. The van der Waals surface area contributed by atoms with E-state index in [1.165, 1.54) is 11.1 Å². The molecule has 3 nitrogen and oxygen atoms in total. The second-order valence-corrected chi connectivity index (χ2v) is 6.86. The number of carbonyl (C=O) groups excluding carboxylic acids is 1. The molecule has 0 aromatic heterocycles. The fourth-order valence-electron chi connectivity index (χ4n) is 2.36. The number of nitriles is 1. The third-order valence-corrected chi connectivity index (χ3v) is 4.93. The molecule has 0 saturated carbocycles. The maximum absolute atomic E-state index is 12.7. The highest BCUT2D eigenvalue weighted by Gasteiger charge is 2.16. The van der Waals surface area contributed by atoms with E-state index in [1.54, 1.807) is 16.7 Å². The summed E-state index contributed by atoms with van der Waals surface area (Å²) >= 11 is 1.55. The van der Waals surface area contributed by atoms with Gasteiger partial charge in [0, 0.05) is 17.1 Å². The van der Waals surface area contributed by atoms with Crippen molar-refractivity contribution in [2.75, 3.05) is 17.2 Å². The van der Waals surface area contributed by atoms with Gasteiger partial charge >= 0.3 is 0 Å². The number of hydrogen-bond donors (Lipinski definition) is 0. The minimum atomic E-state index is 0.0278. The lowest BCUT2D eigenvalue weighted by atomic mass is 10.2. The first-order valence-electron chi connectivity index (χ1n) is 7.95. The number of aryl methyl sites for hydroxylation is 3. The molecule has 24 heavy (non-hydrogen) atoms. The Kier molecular flexibility index (Phi) is 6.45. The van der Waals surface area contributed by atoms with Gasteiger partial charge in [-0.15, -0.1) is 11.8 Å². The summed E-state index contributed by atoms with van der Waals surface area (Å²) < 4.78 is 0. The molecule has 0 bridgehead atoms. The van der Waals surface area contributed by atoms with Gasteiger partial charge in [-0.05, 0) is 44.5 Å². The molecule has 0 heterocycles. The zero-order valence-corrected chi connectivity index (χ0v) is 15.2. The molecule has 0 unspecified atom stereocenters. The molecule has 4 heteroatoms. The third-order valence-electron chi connectivity index (χ3n) is 3.79. The van der Waals surface area contributed by atoms with Crippen LogP contribution in [0.1, 0.15) is 23.1 Å². The van der Waals surface area contributed by atoms with Crippen LogP contribution in [-0.4, -0.2) is 18.2 Å². The van der Waals surface area contributed by atoms with Crippen LogP contribution in [0.5, 0.6) is 0 Å². The molecule has 124 valence electrons. The molecular weight excluding hydrogens is 316 g/mol. The van der Waals surface area contributed by atoms with Gasteiger partial charge in [-0.1, -0.05) is 35.4 Å². The number of anilines is 1. The van der Waals surface area contributed by atoms with Gasteiger partial charge in [0.25, 0.3) is 0 Å². The van der Waals surface area contributed by atoms with Crippen molar-refractivity contribution in [3.8, 4) is 6.07 Å². The van der Waals surface area contributed by atoms with Crippen LogP contribution >= 0.6 is 11.8 Å². The number of benzene rings is 2. The van der Waals surface area contributed by atoms with Gasteiger partial charge in [0.05, 0.1) is 18.2 Å². The highest BCUT2D eigenvalue weighted by Crippen LogP contribution is 2.25. The van der Waals surface area contributed by atoms with E-state index in [0.717, 1.165) is 16.1 Å². The van der Waals surface area contributed by atoms with Crippen LogP contribution in [0.3, 0.4) is 0 Å². The molecule has 0 aliphatic heterocycles. The number of amides is 1. The highest BCUT2D eigenvalue weighted by molar-refractivity contribution is 8.00. The van der Waals surface area contributed by atoms with Gasteiger partial charge in [-0.2, -0.15) is 5.26 Å². The topological polar surface area (TPSA) is 44.1 Å². The van der Waals surface area contributed by atoms with Crippen molar-refractivity contribution in [2.45, 2.75) is 32.1 Å². The van der Waals surface area contributed by atoms with Gasteiger partial charge in [0.2, 0.25) is 5.91 Å². The average Bonchev–Trinajstić information content (AvgIpc) is 2.57. The van der Waals surface area contributed by atoms with Gasteiger partial charge in [-0.25, -0.2) is 0 Å². The summed E-state index contributed by atoms with van der Waals surface area (Å²) in [5.41, 5.74) is 4.37. The fraction of sp³-hybridized carbons (Fsp3) is 0.300. The summed E-state index contributed by atoms with van der Waals surface area (Å²) in [5.74, 6) is 0.392. The smallest absolute Gasteiger partial charge is 0.237 e. The van der Waals surface area contributed by atoms with Gasteiger partial charge in [0.1, 0.15) is 0 Å². The first-order valence-corrected chi connectivity index (χ1v) is 8.94. The van der Waals surface area contributed by atoms with E-state index in [1.807, 2.05) is 31.2 Å². The predicted octanol–water partition coefficient (Wildman–Crippen LogP) is 4.65. The van der Waals surface area contributed by atoms with Crippen LogP contribution in [0.15, 0.2) is 47.4 Å². The Balaban J connectivity index is 2.11. The van der Waals surface area contributed by atoms with Crippen LogP contribution in [0.2, 0.25) is 0 Å². The average molecular weight is 338 g/mol. The summed E-state index contributed by atoms with van der Waals surface area (Å²) in [6, 6.07) is 16.2. The Morgan fingerprint density at radius 1 is 1.08 bits per heavy atom. The van der Waals surface area contributed by atoms with Crippen molar-refractivity contribution in [3.63, 3.8) is 0 Å². The van der Waals surface area contributed by atoms with Crippen molar-refractivity contribution in [1.82, 2.24) is 0 Å². The van der Waals surface area contributed by atoms with Crippen molar-refractivity contribution in [1.29, 1.82) is 5.26 Å². The second kappa shape index (κ2) is 8.56. The van der Waals surface area contributed by atoms with Crippen LogP contribution < -0.4 is 4.90 Å². The standard InChI is InChI=1S/C20H22N2OS/c1-15-6-9-18(10-7-15)22(12-4-11-21)20(23)14-24-19-13-16(2)5-8-17(19)3/h5-10,13H,4,12,14H2,1-3H3. The summed E-state index contributed by atoms with van der Waals surface area (Å²) in [6.07, 6.45) is 0.327. The number of nitrogens with zero attached hydrogens (tertiary/aromatic N) is 2. The molecule has 1 amide bonds. The van der Waals surface area contributed by atoms with E-state index in [0.29, 0.717) is 18.7 Å². The lowest BCUT2D eigenvalue weighted by Gasteiger charge is -2.22. The zero-order chi connectivity index (χ0) is 17.5. The van der Waals surface area contributed by atoms with Gasteiger partial charge < -0.3 is 4.90 Å². The van der Waals surface area contributed by atoms with Crippen molar-refractivity contribution in [3.05, 3.63) is 59.2 Å². The first-order chi connectivity index (χ1) is 11.5. The molecule has 0 N–H and O–H groups in total. The number of carbonyl (C=O) groups is 1. The van der Waals surface area contributed by atoms with Gasteiger partial charge in [0.15, 0.2) is 0 Å². The SMILES string of the molecule is Cc1ccc(N(CCC#N)C(=O)CSc2cc(C)ccc2C)cc1. The predicted molar refractivity (Wildman–Crippen MR) is 100 cm³/mol. The molecule has 0 aliphatic carbocycles. The molecule has 0 aliphatic rings. The van der Waals surface area contributed by atoms with E-state index in [4.69, 9.17) is 5.26 Å². The minimum Gasteiger partial charge on any atom is -0.311 e. The minimum absolute atomic E-state index is 0.0278. The third kappa shape index (κ3) is 4.87. The molecule has 0 fully saturated rings. The number of thioether (sulfide) groups is 1. The summed E-state index contributed by atoms with van der Waals surface area (Å²) in [4.78, 5) is 15.5. The monoisotopic (exact) mass is 338 g/mol. The van der Waals surface area contributed by atoms with Crippen molar-refractivity contribution in [2.24, 2.45) is 0 Å². The fourth-order valence-corrected chi connectivity index (χ4v) is 3.36. The largest absolute Gasteiger partial charge is 0.311 e. The van der Waals surface area contributed by atoms with E-state index in [9.17, 15) is 4.79 Å².